The molecule has 0 aromatic heterocycles. The second-order valence-corrected chi connectivity index (χ2v) is 13.0. The number of aliphatic carboxylic acids is 2. The van der Waals surface area contributed by atoms with Crippen molar-refractivity contribution in [2.75, 3.05) is 13.2 Å². The number of carboxylic acid groups (broad SMARTS) is 2. The Morgan fingerprint density at radius 2 is 1.00 bits per heavy atom. The zero-order valence-corrected chi connectivity index (χ0v) is 28.7. The molecule has 0 spiro atoms. The van der Waals surface area contributed by atoms with Crippen molar-refractivity contribution in [3.8, 4) is 0 Å². The highest BCUT2D eigenvalue weighted by atomic mass is 16.7. The summed E-state index contributed by atoms with van der Waals surface area (Å²) in [6, 6.07) is 0. The Labute approximate surface area is 270 Å². The van der Waals surface area contributed by atoms with Crippen LogP contribution in [-0.2, 0) is 19.1 Å². The van der Waals surface area contributed by atoms with Crippen LogP contribution in [0.2, 0.25) is 0 Å². The summed E-state index contributed by atoms with van der Waals surface area (Å²) in [7, 11) is 0. The lowest BCUT2D eigenvalue weighted by Crippen LogP contribution is -2.37. The molecule has 0 radical (unpaired) electrons. The van der Waals surface area contributed by atoms with Crippen LogP contribution in [0.15, 0.2) is 23.3 Å². The maximum atomic E-state index is 10.7. The Kier molecular flexibility index (Phi) is 25.4. The van der Waals surface area contributed by atoms with E-state index in [1.807, 2.05) is 0 Å². The first-order chi connectivity index (χ1) is 21.4. The molecule has 1 atom stereocenters. The number of unbranched alkanes of at least 4 members (excludes halogenated alkanes) is 18. The van der Waals surface area contributed by atoms with Gasteiger partial charge >= 0.3 is 11.9 Å². The minimum Gasteiger partial charge on any atom is -0.481 e. The van der Waals surface area contributed by atoms with Crippen molar-refractivity contribution in [1.29, 1.82) is 0 Å². The minimum absolute atomic E-state index is 0.292. The van der Waals surface area contributed by atoms with Gasteiger partial charge in [0.1, 0.15) is 0 Å². The molecule has 1 aliphatic rings. The SMILES string of the molecule is CCCCCCCOC1(OCCCCC)C=CC(CCCCCCCCCC(=O)O)=C(CCCCCCCCCC(=O)O)C1. The summed E-state index contributed by atoms with van der Waals surface area (Å²) in [4.78, 5) is 21.4. The fourth-order valence-electron chi connectivity index (χ4n) is 6.09. The minimum atomic E-state index is -0.686. The van der Waals surface area contributed by atoms with Gasteiger partial charge < -0.3 is 19.7 Å². The summed E-state index contributed by atoms with van der Waals surface area (Å²) in [5.74, 6) is -2.00. The highest BCUT2D eigenvalue weighted by Crippen LogP contribution is 2.36. The van der Waals surface area contributed by atoms with Crippen molar-refractivity contribution < 1.29 is 29.3 Å². The van der Waals surface area contributed by atoms with E-state index >= 15 is 0 Å². The standard InChI is InChI=1S/C38H68O6/c1-3-5-7-18-24-32-44-38(43-31-23-6-4-2)30-29-34(25-19-14-10-8-12-16-21-27-36(39)40)35(33-38)26-20-15-11-9-13-17-22-28-37(41)42/h29-30H,3-28,31-33H2,1-2H3,(H,39,40)(H,41,42). The normalized spacial score (nSPS) is 16.6. The van der Waals surface area contributed by atoms with E-state index < -0.39 is 17.7 Å². The molecule has 1 unspecified atom stereocenters. The molecular weight excluding hydrogens is 552 g/mol. The van der Waals surface area contributed by atoms with E-state index in [4.69, 9.17) is 19.7 Å². The summed E-state index contributed by atoms with van der Waals surface area (Å²) in [6.45, 7) is 5.97. The number of hydrogen-bond acceptors (Lipinski definition) is 4. The summed E-state index contributed by atoms with van der Waals surface area (Å²) in [6.07, 6.45) is 33.3. The molecule has 1 rings (SSSR count). The molecule has 0 aromatic carbocycles. The van der Waals surface area contributed by atoms with E-state index in [-0.39, 0.29) is 0 Å². The van der Waals surface area contributed by atoms with E-state index in [1.54, 1.807) is 0 Å². The second kappa shape index (κ2) is 27.6. The molecule has 0 saturated heterocycles. The molecule has 44 heavy (non-hydrogen) atoms. The highest BCUT2D eigenvalue weighted by Gasteiger charge is 2.33. The van der Waals surface area contributed by atoms with Crippen molar-refractivity contribution in [3.05, 3.63) is 23.3 Å². The monoisotopic (exact) mass is 621 g/mol. The van der Waals surface area contributed by atoms with Crippen LogP contribution in [0.5, 0.6) is 0 Å². The third kappa shape index (κ3) is 21.9. The van der Waals surface area contributed by atoms with Crippen LogP contribution in [0.3, 0.4) is 0 Å². The van der Waals surface area contributed by atoms with Crippen molar-refractivity contribution in [2.24, 2.45) is 0 Å². The largest absolute Gasteiger partial charge is 0.481 e. The lowest BCUT2D eigenvalue weighted by molar-refractivity contribution is -0.205. The van der Waals surface area contributed by atoms with Crippen molar-refractivity contribution in [2.45, 2.75) is 193 Å². The molecule has 6 heteroatoms. The smallest absolute Gasteiger partial charge is 0.303 e. The molecule has 6 nitrogen and oxygen atoms in total. The van der Waals surface area contributed by atoms with Gasteiger partial charge in [-0.1, -0.05) is 128 Å². The van der Waals surface area contributed by atoms with Crippen LogP contribution < -0.4 is 0 Å². The van der Waals surface area contributed by atoms with Gasteiger partial charge in [-0.2, -0.15) is 0 Å². The fraction of sp³-hybridized carbons (Fsp3) is 0.842. The second-order valence-electron chi connectivity index (χ2n) is 13.0. The summed E-state index contributed by atoms with van der Waals surface area (Å²) in [5, 5.41) is 17.6. The Balaban J connectivity index is 2.68. The number of ether oxygens (including phenoxy) is 2. The van der Waals surface area contributed by atoms with Crippen molar-refractivity contribution in [1.82, 2.24) is 0 Å². The third-order valence-corrected chi connectivity index (χ3v) is 8.85. The lowest BCUT2D eigenvalue weighted by atomic mass is 9.87. The number of carbonyl (C=O) groups is 2. The van der Waals surface area contributed by atoms with E-state index in [1.165, 1.54) is 101 Å². The first kappa shape index (κ1) is 40.4. The number of hydrogen-bond donors (Lipinski definition) is 2. The maximum absolute atomic E-state index is 10.7. The van der Waals surface area contributed by atoms with E-state index in [2.05, 4.69) is 26.0 Å². The van der Waals surface area contributed by atoms with Gasteiger partial charge in [-0.3, -0.25) is 9.59 Å². The average Bonchev–Trinajstić information content (AvgIpc) is 3.00. The highest BCUT2D eigenvalue weighted by molar-refractivity contribution is 5.66. The number of allylic oxidation sites excluding steroid dienone is 2. The van der Waals surface area contributed by atoms with Crippen LogP contribution in [-0.4, -0.2) is 41.2 Å². The topological polar surface area (TPSA) is 93.1 Å². The Morgan fingerprint density at radius 1 is 0.591 bits per heavy atom. The number of rotatable bonds is 32. The molecule has 0 heterocycles. The summed E-state index contributed by atoms with van der Waals surface area (Å²) < 4.78 is 13.2. The van der Waals surface area contributed by atoms with Crippen molar-refractivity contribution >= 4 is 11.9 Å². The summed E-state index contributed by atoms with van der Waals surface area (Å²) >= 11 is 0. The Hall–Kier alpha value is -1.66. The van der Waals surface area contributed by atoms with Gasteiger partial charge in [0.2, 0.25) is 0 Å². The number of carboxylic acids is 2. The molecule has 0 fully saturated rings. The third-order valence-electron chi connectivity index (χ3n) is 8.85. The molecule has 0 bridgehead atoms. The zero-order chi connectivity index (χ0) is 32.1. The summed E-state index contributed by atoms with van der Waals surface area (Å²) in [5.41, 5.74) is 3.00. The molecule has 0 aliphatic heterocycles. The molecule has 0 amide bonds. The van der Waals surface area contributed by atoms with E-state index in [9.17, 15) is 9.59 Å². The first-order valence-corrected chi connectivity index (χ1v) is 18.5. The zero-order valence-electron chi connectivity index (χ0n) is 28.7. The first-order valence-electron chi connectivity index (χ1n) is 18.5. The van der Waals surface area contributed by atoms with Crippen LogP contribution in [0.4, 0.5) is 0 Å². The molecule has 0 saturated carbocycles. The van der Waals surface area contributed by atoms with Crippen LogP contribution in [0, 0.1) is 0 Å². The molecular formula is C38H68O6. The molecule has 1 aliphatic carbocycles. The predicted molar refractivity (Wildman–Crippen MR) is 182 cm³/mol. The van der Waals surface area contributed by atoms with Gasteiger partial charge in [0.25, 0.3) is 0 Å². The average molecular weight is 621 g/mol. The fourth-order valence-corrected chi connectivity index (χ4v) is 6.09. The van der Waals surface area contributed by atoms with Gasteiger partial charge in [0.05, 0.1) is 13.2 Å². The van der Waals surface area contributed by atoms with Crippen molar-refractivity contribution in [3.63, 3.8) is 0 Å². The van der Waals surface area contributed by atoms with Crippen LogP contribution in [0.25, 0.3) is 0 Å². The van der Waals surface area contributed by atoms with E-state index in [0.29, 0.717) is 12.8 Å². The molecule has 0 aromatic rings. The van der Waals surface area contributed by atoms with Crippen LogP contribution in [0.1, 0.15) is 187 Å². The van der Waals surface area contributed by atoms with Gasteiger partial charge in [0.15, 0.2) is 5.79 Å². The van der Waals surface area contributed by atoms with Crippen LogP contribution >= 0.6 is 0 Å². The quantitative estimate of drug-likeness (QED) is 0.0574. The van der Waals surface area contributed by atoms with Gasteiger partial charge in [-0.05, 0) is 63.0 Å². The van der Waals surface area contributed by atoms with Gasteiger partial charge in [-0.25, -0.2) is 0 Å². The predicted octanol–water partition coefficient (Wildman–Crippen LogP) is 11.3. The molecule has 256 valence electrons. The lowest BCUT2D eigenvalue weighted by Gasteiger charge is -2.36. The maximum Gasteiger partial charge on any atom is 0.303 e. The van der Waals surface area contributed by atoms with E-state index in [0.717, 1.165) is 83.8 Å². The van der Waals surface area contributed by atoms with Gasteiger partial charge in [0, 0.05) is 19.3 Å². The van der Waals surface area contributed by atoms with Gasteiger partial charge in [-0.15, -0.1) is 0 Å². The Bertz CT molecular complexity index is 788. The molecule has 2 N–H and O–H groups in total. The Morgan fingerprint density at radius 3 is 1.52 bits per heavy atom.